The zero-order chi connectivity index (χ0) is 12.3. The Balaban J connectivity index is 2.18. The van der Waals surface area contributed by atoms with E-state index in [4.69, 9.17) is 10.3 Å². The molecule has 0 unspecified atom stereocenters. The van der Waals surface area contributed by atoms with Crippen molar-refractivity contribution in [1.82, 2.24) is 10.1 Å². The van der Waals surface area contributed by atoms with Gasteiger partial charge in [-0.2, -0.15) is 4.98 Å². The monoisotopic (exact) mass is 231 g/mol. The second-order valence-electron chi connectivity index (χ2n) is 3.79. The molecule has 0 saturated carbocycles. The van der Waals surface area contributed by atoms with Crippen LogP contribution >= 0.6 is 0 Å². The van der Waals surface area contributed by atoms with E-state index < -0.39 is 0 Å². The second-order valence-corrected chi connectivity index (χ2v) is 3.79. The van der Waals surface area contributed by atoms with Crippen molar-refractivity contribution in [3.8, 4) is 11.4 Å². The summed E-state index contributed by atoms with van der Waals surface area (Å²) in [6, 6.07) is 7.78. The van der Waals surface area contributed by atoms with Crippen LogP contribution in [-0.2, 0) is 11.2 Å². The molecule has 1 heterocycles. The highest BCUT2D eigenvalue weighted by molar-refractivity contribution is 5.73. The second kappa shape index (κ2) is 4.78. The van der Waals surface area contributed by atoms with Crippen molar-refractivity contribution in [2.24, 2.45) is 5.73 Å². The van der Waals surface area contributed by atoms with Crippen molar-refractivity contribution in [1.29, 1.82) is 0 Å². The van der Waals surface area contributed by atoms with Crippen LogP contribution in [0.2, 0.25) is 0 Å². The lowest BCUT2D eigenvalue weighted by Gasteiger charge is -1.97. The zero-order valence-electron chi connectivity index (χ0n) is 9.51. The molecule has 1 amide bonds. The van der Waals surface area contributed by atoms with E-state index in [0.29, 0.717) is 18.1 Å². The van der Waals surface area contributed by atoms with Gasteiger partial charge < -0.3 is 10.3 Å². The summed E-state index contributed by atoms with van der Waals surface area (Å²) in [7, 11) is 0. The number of carbonyl (C=O) groups is 1. The van der Waals surface area contributed by atoms with Crippen molar-refractivity contribution in [2.75, 3.05) is 0 Å². The average molecular weight is 231 g/mol. The third-order valence-corrected chi connectivity index (χ3v) is 2.44. The summed E-state index contributed by atoms with van der Waals surface area (Å²) in [6.07, 6.45) is 0.601. The minimum absolute atomic E-state index is 0.218. The van der Waals surface area contributed by atoms with Crippen LogP contribution in [0.4, 0.5) is 0 Å². The van der Waals surface area contributed by atoms with Crippen LogP contribution in [0.5, 0.6) is 0 Å². The van der Waals surface area contributed by atoms with Crippen molar-refractivity contribution in [3.05, 3.63) is 35.7 Å². The number of nitrogens with two attached hydrogens (primary N) is 1. The molecule has 0 atom stereocenters. The summed E-state index contributed by atoms with van der Waals surface area (Å²) < 4.78 is 5.06. The number of amides is 1. The largest absolute Gasteiger partial charge is 0.370 e. The molecule has 2 aromatic rings. The summed E-state index contributed by atoms with van der Waals surface area (Å²) in [6.45, 7) is 1.98. The quantitative estimate of drug-likeness (QED) is 0.863. The Bertz CT molecular complexity index is 534. The van der Waals surface area contributed by atoms with Gasteiger partial charge in [-0.3, -0.25) is 4.79 Å². The normalized spacial score (nSPS) is 10.4. The topological polar surface area (TPSA) is 82.0 Å². The van der Waals surface area contributed by atoms with Crippen LogP contribution in [0.1, 0.15) is 17.9 Å². The molecule has 88 valence electrons. The first-order valence-corrected chi connectivity index (χ1v) is 5.33. The first-order chi connectivity index (χ1) is 8.16. The third kappa shape index (κ3) is 2.69. The van der Waals surface area contributed by atoms with Gasteiger partial charge in [-0.05, 0) is 12.5 Å². The van der Waals surface area contributed by atoms with Gasteiger partial charge in [0.05, 0.1) is 0 Å². The highest BCUT2D eigenvalue weighted by Gasteiger charge is 2.10. The van der Waals surface area contributed by atoms with Gasteiger partial charge in [0, 0.05) is 18.4 Å². The molecule has 0 spiro atoms. The van der Waals surface area contributed by atoms with Crippen LogP contribution < -0.4 is 5.73 Å². The van der Waals surface area contributed by atoms with E-state index in [1.807, 2.05) is 31.2 Å². The molecule has 0 aliphatic carbocycles. The fraction of sp³-hybridized carbons (Fsp3) is 0.250. The predicted molar refractivity (Wildman–Crippen MR) is 62.0 cm³/mol. The Kier molecular flexibility index (Phi) is 3.18. The standard InChI is InChI=1S/C12H13N3O2/c1-8-4-2-3-5-9(8)12-14-11(17-15-12)7-6-10(13)16/h2-5H,6-7H2,1H3,(H2,13,16). The fourth-order valence-corrected chi connectivity index (χ4v) is 1.52. The van der Waals surface area contributed by atoms with Crippen LogP contribution in [0.25, 0.3) is 11.4 Å². The van der Waals surface area contributed by atoms with Crippen LogP contribution in [0.15, 0.2) is 28.8 Å². The van der Waals surface area contributed by atoms with E-state index in [0.717, 1.165) is 11.1 Å². The fourth-order valence-electron chi connectivity index (χ4n) is 1.52. The molecular weight excluding hydrogens is 218 g/mol. The number of nitrogens with zero attached hydrogens (tertiary/aromatic N) is 2. The molecule has 5 nitrogen and oxygen atoms in total. The van der Waals surface area contributed by atoms with Crippen molar-refractivity contribution < 1.29 is 9.32 Å². The van der Waals surface area contributed by atoms with Gasteiger partial charge in [0.1, 0.15) is 0 Å². The van der Waals surface area contributed by atoms with E-state index in [-0.39, 0.29) is 12.3 Å². The molecule has 2 rings (SSSR count). The molecule has 2 N–H and O–H groups in total. The summed E-state index contributed by atoms with van der Waals surface area (Å²) in [4.78, 5) is 14.9. The van der Waals surface area contributed by atoms with E-state index >= 15 is 0 Å². The van der Waals surface area contributed by atoms with Gasteiger partial charge in [0.25, 0.3) is 0 Å². The van der Waals surface area contributed by atoms with Crippen LogP contribution in [0, 0.1) is 6.92 Å². The van der Waals surface area contributed by atoms with Gasteiger partial charge >= 0.3 is 0 Å². The van der Waals surface area contributed by atoms with E-state index in [2.05, 4.69) is 10.1 Å². The number of hydrogen-bond donors (Lipinski definition) is 1. The number of benzene rings is 1. The lowest BCUT2D eigenvalue weighted by atomic mass is 10.1. The molecule has 1 aromatic carbocycles. The van der Waals surface area contributed by atoms with Gasteiger partial charge in [0.2, 0.25) is 17.6 Å². The van der Waals surface area contributed by atoms with Gasteiger partial charge in [-0.25, -0.2) is 0 Å². The summed E-state index contributed by atoms with van der Waals surface area (Å²) in [5.74, 6) is 0.602. The predicted octanol–water partition coefficient (Wildman–Crippen LogP) is 1.46. The van der Waals surface area contributed by atoms with Crippen LogP contribution in [-0.4, -0.2) is 16.0 Å². The highest BCUT2D eigenvalue weighted by atomic mass is 16.5. The maximum atomic E-state index is 10.6. The van der Waals surface area contributed by atoms with E-state index in [1.165, 1.54) is 0 Å². The van der Waals surface area contributed by atoms with Crippen molar-refractivity contribution in [2.45, 2.75) is 19.8 Å². The average Bonchev–Trinajstić information content (AvgIpc) is 2.75. The maximum Gasteiger partial charge on any atom is 0.227 e. The molecule has 0 saturated heterocycles. The summed E-state index contributed by atoms with van der Waals surface area (Å²) in [5, 5.41) is 3.89. The Morgan fingerprint density at radius 2 is 2.18 bits per heavy atom. The third-order valence-electron chi connectivity index (χ3n) is 2.44. The molecule has 0 radical (unpaired) electrons. The number of aromatic nitrogens is 2. The van der Waals surface area contributed by atoms with Crippen LogP contribution in [0.3, 0.4) is 0 Å². The Morgan fingerprint density at radius 1 is 1.41 bits per heavy atom. The molecule has 1 aromatic heterocycles. The Hall–Kier alpha value is -2.17. The number of rotatable bonds is 4. The lowest BCUT2D eigenvalue weighted by Crippen LogP contribution is -2.11. The molecule has 0 aliphatic rings. The molecule has 0 aliphatic heterocycles. The van der Waals surface area contributed by atoms with Gasteiger partial charge in [0.15, 0.2) is 0 Å². The SMILES string of the molecule is Cc1ccccc1-c1noc(CCC(N)=O)n1. The van der Waals surface area contributed by atoms with E-state index in [9.17, 15) is 4.79 Å². The first kappa shape index (κ1) is 11.3. The molecule has 5 heteroatoms. The molecular formula is C12H13N3O2. The van der Waals surface area contributed by atoms with Gasteiger partial charge in [-0.1, -0.05) is 29.4 Å². The molecule has 0 bridgehead atoms. The Labute approximate surface area is 98.6 Å². The lowest BCUT2D eigenvalue weighted by molar-refractivity contribution is -0.118. The minimum atomic E-state index is -0.374. The first-order valence-electron chi connectivity index (χ1n) is 5.33. The summed E-state index contributed by atoms with van der Waals surface area (Å²) in [5.41, 5.74) is 7.06. The van der Waals surface area contributed by atoms with Crippen molar-refractivity contribution in [3.63, 3.8) is 0 Å². The van der Waals surface area contributed by atoms with Gasteiger partial charge in [-0.15, -0.1) is 0 Å². The summed E-state index contributed by atoms with van der Waals surface area (Å²) >= 11 is 0. The van der Waals surface area contributed by atoms with E-state index in [1.54, 1.807) is 0 Å². The smallest absolute Gasteiger partial charge is 0.227 e. The highest BCUT2D eigenvalue weighted by Crippen LogP contribution is 2.19. The Morgan fingerprint density at radius 3 is 2.88 bits per heavy atom. The number of primary amides is 1. The minimum Gasteiger partial charge on any atom is -0.370 e. The zero-order valence-corrected chi connectivity index (χ0v) is 9.51. The van der Waals surface area contributed by atoms with Crippen molar-refractivity contribution >= 4 is 5.91 Å². The number of carbonyl (C=O) groups excluding carboxylic acids is 1. The molecule has 17 heavy (non-hydrogen) atoms. The number of hydrogen-bond acceptors (Lipinski definition) is 4. The molecule has 0 fully saturated rings. The number of aryl methyl sites for hydroxylation is 2. The maximum absolute atomic E-state index is 10.6.